The minimum atomic E-state index is 0.404. The van der Waals surface area contributed by atoms with Gasteiger partial charge in [-0.3, -0.25) is 5.10 Å². The number of aromatic nitrogens is 2. The van der Waals surface area contributed by atoms with E-state index in [1.807, 2.05) is 16.8 Å². The van der Waals surface area contributed by atoms with Crippen molar-refractivity contribution in [2.45, 2.75) is 6.42 Å². The van der Waals surface area contributed by atoms with Crippen LogP contribution in [0.1, 0.15) is 5.56 Å². The Hall–Kier alpha value is -1.60. The highest BCUT2D eigenvalue weighted by Gasteiger charge is 2.06. The predicted molar refractivity (Wildman–Crippen MR) is 51.2 cm³/mol. The van der Waals surface area contributed by atoms with E-state index in [1.165, 1.54) is 0 Å². The summed E-state index contributed by atoms with van der Waals surface area (Å²) in [6.45, 7) is 0. The van der Waals surface area contributed by atoms with Crippen molar-refractivity contribution in [1.29, 1.82) is 5.26 Å². The zero-order chi connectivity index (χ0) is 9.10. The molecule has 0 aliphatic rings. The molecule has 2 heterocycles. The van der Waals surface area contributed by atoms with E-state index in [9.17, 15) is 0 Å². The monoisotopic (exact) mass is 189 g/mol. The first-order chi connectivity index (χ1) is 6.42. The molecule has 0 saturated carbocycles. The lowest BCUT2D eigenvalue weighted by Crippen LogP contribution is -1.82. The molecule has 0 bridgehead atoms. The van der Waals surface area contributed by atoms with Gasteiger partial charge in [0.15, 0.2) is 0 Å². The zero-order valence-electron chi connectivity index (χ0n) is 6.82. The third-order valence-electron chi connectivity index (χ3n) is 1.80. The van der Waals surface area contributed by atoms with Crippen LogP contribution in [0.25, 0.3) is 11.3 Å². The lowest BCUT2D eigenvalue weighted by molar-refractivity contribution is 1.10. The number of nitriles is 1. The van der Waals surface area contributed by atoms with Gasteiger partial charge in [-0.05, 0) is 11.4 Å². The van der Waals surface area contributed by atoms with Crippen molar-refractivity contribution in [3.63, 3.8) is 0 Å². The van der Waals surface area contributed by atoms with Gasteiger partial charge in [0.25, 0.3) is 0 Å². The van der Waals surface area contributed by atoms with Gasteiger partial charge in [0.05, 0.1) is 24.4 Å². The van der Waals surface area contributed by atoms with E-state index in [1.54, 1.807) is 17.5 Å². The number of nitrogens with one attached hydrogen (secondary N) is 1. The molecule has 2 aromatic rings. The maximum atomic E-state index is 8.57. The molecule has 0 amide bonds. The highest BCUT2D eigenvalue weighted by Crippen LogP contribution is 2.23. The Bertz CT molecular complexity index is 422. The SMILES string of the molecule is N#CCc1cn[nH]c1-c1ccsc1. The maximum Gasteiger partial charge on any atom is 0.0701 e. The van der Waals surface area contributed by atoms with Gasteiger partial charge >= 0.3 is 0 Å². The number of rotatable bonds is 2. The van der Waals surface area contributed by atoms with Crippen LogP contribution in [0.3, 0.4) is 0 Å². The number of hydrogen-bond acceptors (Lipinski definition) is 3. The van der Waals surface area contributed by atoms with E-state index < -0.39 is 0 Å². The molecule has 0 spiro atoms. The van der Waals surface area contributed by atoms with Crippen LogP contribution in [0.4, 0.5) is 0 Å². The largest absolute Gasteiger partial charge is 0.277 e. The highest BCUT2D eigenvalue weighted by molar-refractivity contribution is 7.08. The Balaban J connectivity index is 2.42. The number of H-pyrrole nitrogens is 1. The second-order valence-corrected chi connectivity index (χ2v) is 3.40. The molecule has 4 heteroatoms. The second kappa shape index (κ2) is 3.42. The average Bonchev–Trinajstić information content (AvgIpc) is 2.71. The van der Waals surface area contributed by atoms with Crippen LogP contribution >= 0.6 is 11.3 Å². The maximum absolute atomic E-state index is 8.57. The van der Waals surface area contributed by atoms with E-state index in [2.05, 4.69) is 16.3 Å². The topological polar surface area (TPSA) is 52.5 Å². The lowest BCUT2D eigenvalue weighted by Gasteiger charge is -1.94. The quantitative estimate of drug-likeness (QED) is 0.787. The first kappa shape index (κ1) is 8.02. The van der Waals surface area contributed by atoms with Gasteiger partial charge in [-0.25, -0.2) is 0 Å². The number of thiophene rings is 1. The smallest absolute Gasteiger partial charge is 0.0701 e. The van der Waals surface area contributed by atoms with Crippen LogP contribution in [0, 0.1) is 11.3 Å². The summed E-state index contributed by atoms with van der Waals surface area (Å²) in [7, 11) is 0. The summed E-state index contributed by atoms with van der Waals surface area (Å²) >= 11 is 1.63. The fourth-order valence-corrected chi connectivity index (χ4v) is 1.83. The standard InChI is InChI=1S/C9H7N3S/c10-3-1-7-5-11-12-9(7)8-2-4-13-6-8/h2,4-6H,1H2,(H,11,12). The summed E-state index contributed by atoms with van der Waals surface area (Å²) in [6, 6.07) is 4.13. The number of nitrogens with zero attached hydrogens (tertiary/aromatic N) is 2. The van der Waals surface area contributed by atoms with Crippen LogP contribution < -0.4 is 0 Å². The van der Waals surface area contributed by atoms with Gasteiger partial charge in [-0.15, -0.1) is 0 Å². The van der Waals surface area contributed by atoms with Crippen molar-refractivity contribution in [2.75, 3.05) is 0 Å². The van der Waals surface area contributed by atoms with E-state index in [0.29, 0.717) is 6.42 Å². The number of hydrogen-bond donors (Lipinski definition) is 1. The minimum absolute atomic E-state index is 0.404. The van der Waals surface area contributed by atoms with E-state index in [4.69, 9.17) is 5.26 Å². The molecular formula is C9H7N3S. The van der Waals surface area contributed by atoms with Gasteiger partial charge in [-0.1, -0.05) is 0 Å². The molecule has 3 nitrogen and oxygen atoms in total. The molecule has 0 unspecified atom stereocenters. The Morgan fingerprint density at radius 1 is 1.62 bits per heavy atom. The molecule has 0 radical (unpaired) electrons. The molecule has 13 heavy (non-hydrogen) atoms. The Labute approximate surface area is 79.6 Å². The van der Waals surface area contributed by atoms with Crippen molar-refractivity contribution in [3.05, 3.63) is 28.6 Å². The van der Waals surface area contributed by atoms with E-state index in [0.717, 1.165) is 16.8 Å². The normalized spacial score (nSPS) is 9.77. The third-order valence-corrected chi connectivity index (χ3v) is 2.48. The molecule has 0 saturated heterocycles. The molecule has 64 valence electrons. The van der Waals surface area contributed by atoms with Crippen molar-refractivity contribution in [1.82, 2.24) is 10.2 Å². The van der Waals surface area contributed by atoms with E-state index in [-0.39, 0.29) is 0 Å². The Kier molecular flexibility index (Phi) is 2.11. The molecule has 0 aliphatic heterocycles. The molecule has 0 aromatic carbocycles. The van der Waals surface area contributed by atoms with Crippen LogP contribution in [0.15, 0.2) is 23.0 Å². The second-order valence-electron chi connectivity index (χ2n) is 2.62. The highest BCUT2D eigenvalue weighted by atomic mass is 32.1. The summed E-state index contributed by atoms with van der Waals surface area (Å²) in [5.41, 5.74) is 3.02. The van der Waals surface area contributed by atoms with Crippen LogP contribution in [-0.4, -0.2) is 10.2 Å². The molecular weight excluding hydrogens is 182 g/mol. The lowest BCUT2D eigenvalue weighted by atomic mass is 10.1. The van der Waals surface area contributed by atoms with Gasteiger partial charge < -0.3 is 0 Å². The first-order valence-corrected chi connectivity index (χ1v) is 4.78. The minimum Gasteiger partial charge on any atom is -0.277 e. The Morgan fingerprint density at radius 3 is 3.23 bits per heavy atom. The molecule has 0 fully saturated rings. The van der Waals surface area contributed by atoms with Gasteiger partial charge in [0, 0.05) is 16.5 Å². The van der Waals surface area contributed by atoms with Crippen LogP contribution in [-0.2, 0) is 6.42 Å². The summed E-state index contributed by atoms with van der Waals surface area (Å²) in [5, 5.41) is 19.4. The number of aromatic amines is 1. The molecule has 2 aromatic heterocycles. The van der Waals surface area contributed by atoms with Gasteiger partial charge in [0.1, 0.15) is 0 Å². The van der Waals surface area contributed by atoms with Gasteiger partial charge in [0.2, 0.25) is 0 Å². The van der Waals surface area contributed by atoms with Crippen LogP contribution in [0.2, 0.25) is 0 Å². The Morgan fingerprint density at radius 2 is 2.54 bits per heavy atom. The summed E-state index contributed by atoms with van der Waals surface area (Å²) in [5.74, 6) is 0. The third kappa shape index (κ3) is 1.46. The van der Waals surface area contributed by atoms with Crippen LogP contribution in [0.5, 0.6) is 0 Å². The molecule has 0 aliphatic carbocycles. The summed E-state index contributed by atoms with van der Waals surface area (Å²) in [4.78, 5) is 0. The fraction of sp³-hybridized carbons (Fsp3) is 0.111. The van der Waals surface area contributed by atoms with Crippen molar-refractivity contribution in [3.8, 4) is 17.3 Å². The summed E-state index contributed by atoms with van der Waals surface area (Å²) in [6.07, 6.45) is 2.11. The van der Waals surface area contributed by atoms with Crippen molar-refractivity contribution < 1.29 is 0 Å². The average molecular weight is 189 g/mol. The first-order valence-electron chi connectivity index (χ1n) is 3.83. The van der Waals surface area contributed by atoms with Crippen molar-refractivity contribution >= 4 is 11.3 Å². The van der Waals surface area contributed by atoms with Gasteiger partial charge in [-0.2, -0.15) is 21.7 Å². The molecule has 1 N–H and O–H groups in total. The van der Waals surface area contributed by atoms with E-state index >= 15 is 0 Å². The molecule has 0 atom stereocenters. The molecule has 2 rings (SSSR count). The van der Waals surface area contributed by atoms with Crippen molar-refractivity contribution in [2.24, 2.45) is 0 Å². The fourth-order valence-electron chi connectivity index (χ4n) is 1.19. The zero-order valence-corrected chi connectivity index (χ0v) is 7.64. The predicted octanol–water partition coefficient (Wildman–Crippen LogP) is 2.20. The summed E-state index contributed by atoms with van der Waals surface area (Å²) < 4.78 is 0.